The molecule has 0 fully saturated rings. The highest BCUT2D eigenvalue weighted by Gasteiger charge is 2.07. The first-order valence-corrected chi connectivity index (χ1v) is 8.44. The second kappa shape index (κ2) is 9.08. The monoisotopic (exact) mass is 390 g/mol. The molecular formula is C18H19BrN2O3. The molecule has 2 N–H and O–H groups in total. The molecule has 24 heavy (non-hydrogen) atoms. The maximum atomic E-state index is 11.9. The molecule has 0 saturated heterocycles. The minimum atomic E-state index is -0.367. The number of carbonyl (C=O) groups excluding carboxylic acids is 2. The zero-order valence-electron chi connectivity index (χ0n) is 13.3. The quantitative estimate of drug-likeness (QED) is 0.699. The van der Waals surface area contributed by atoms with Crippen molar-refractivity contribution in [2.24, 2.45) is 0 Å². The van der Waals surface area contributed by atoms with E-state index in [0.29, 0.717) is 30.8 Å². The number of rotatable bonds is 7. The largest absolute Gasteiger partial charge is 0.462 e. The number of amides is 1. The molecule has 0 radical (unpaired) electrons. The Balaban J connectivity index is 1.77. The first-order chi connectivity index (χ1) is 11.6. The van der Waals surface area contributed by atoms with Crippen molar-refractivity contribution in [3.05, 3.63) is 58.6 Å². The number of nitrogens with one attached hydrogen (secondary N) is 2. The van der Waals surface area contributed by atoms with Gasteiger partial charge in [0.15, 0.2) is 0 Å². The zero-order valence-corrected chi connectivity index (χ0v) is 14.9. The van der Waals surface area contributed by atoms with Crippen LogP contribution in [0.15, 0.2) is 53.0 Å². The van der Waals surface area contributed by atoms with Crippen molar-refractivity contribution in [2.45, 2.75) is 13.3 Å². The smallest absolute Gasteiger partial charge is 0.338 e. The first-order valence-electron chi connectivity index (χ1n) is 7.65. The predicted molar refractivity (Wildman–Crippen MR) is 98.3 cm³/mol. The van der Waals surface area contributed by atoms with Crippen molar-refractivity contribution < 1.29 is 14.3 Å². The number of carbonyl (C=O) groups is 2. The molecule has 0 spiro atoms. The Morgan fingerprint density at radius 2 is 1.62 bits per heavy atom. The molecule has 6 heteroatoms. The second-order valence-electron chi connectivity index (χ2n) is 5.03. The topological polar surface area (TPSA) is 67.4 Å². The summed E-state index contributed by atoms with van der Waals surface area (Å²) in [4.78, 5) is 23.5. The van der Waals surface area contributed by atoms with Crippen molar-refractivity contribution in [3.63, 3.8) is 0 Å². The van der Waals surface area contributed by atoms with Crippen LogP contribution in [-0.4, -0.2) is 25.0 Å². The van der Waals surface area contributed by atoms with Crippen molar-refractivity contribution in [3.8, 4) is 0 Å². The van der Waals surface area contributed by atoms with Gasteiger partial charge in [0, 0.05) is 28.8 Å². The van der Waals surface area contributed by atoms with E-state index in [1.165, 1.54) is 0 Å². The molecule has 0 saturated carbocycles. The van der Waals surface area contributed by atoms with E-state index in [-0.39, 0.29) is 11.9 Å². The maximum absolute atomic E-state index is 11.9. The summed E-state index contributed by atoms with van der Waals surface area (Å²) in [7, 11) is 0. The number of anilines is 2. The van der Waals surface area contributed by atoms with E-state index in [2.05, 4.69) is 26.6 Å². The summed E-state index contributed by atoms with van der Waals surface area (Å²) in [5.41, 5.74) is 2.08. The van der Waals surface area contributed by atoms with Gasteiger partial charge in [0.2, 0.25) is 5.91 Å². The Kier molecular flexibility index (Phi) is 6.81. The number of benzene rings is 2. The van der Waals surface area contributed by atoms with Crippen LogP contribution in [-0.2, 0) is 9.53 Å². The van der Waals surface area contributed by atoms with Crippen LogP contribution in [0.25, 0.3) is 0 Å². The average Bonchev–Trinajstić information content (AvgIpc) is 2.57. The Morgan fingerprint density at radius 1 is 1.00 bits per heavy atom. The van der Waals surface area contributed by atoms with Gasteiger partial charge >= 0.3 is 5.97 Å². The fraction of sp³-hybridized carbons (Fsp3) is 0.222. The SMILES string of the molecule is CCOC(=O)c1ccc(NC(=O)CCNc2ccc(Br)cc2)cc1. The second-order valence-corrected chi connectivity index (χ2v) is 5.95. The highest BCUT2D eigenvalue weighted by atomic mass is 79.9. The molecule has 0 unspecified atom stereocenters. The third kappa shape index (κ3) is 5.70. The minimum Gasteiger partial charge on any atom is -0.462 e. The summed E-state index contributed by atoms with van der Waals surface area (Å²) < 4.78 is 5.93. The number of hydrogen-bond acceptors (Lipinski definition) is 4. The van der Waals surface area contributed by atoms with Crippen molar-refractivity contribution in [2.75, 3.05) is 23.8 Å². The lowest BCUT2D eigenvalue weighted by molar-refractivity contribution is -0.115. The summed E-state index contributed by atoms with van der Waals surface area (Å²) in [6.45, 7) is 2.63. The molecular weight excluding hydrogens is 372 g/mol. The molecule has 2 aromatic carbocycles. The van der Waals surface area contributed by atoms with Gasteiger partial charge in [0.25, 0.3) is 0 Å². The Hall–Kier alpha value is -2.34. The third-order valence-corrected chi connectivity index (χ3v) is 3.73. The molecule has 126 valence electrons. The van der Waals surface area contributed by atoms with E-state index in [0.717, 1.165) is 10.2 Å². The van der Waals surface area contributed by atoms with Crippen LogP contribution < -0.4 is 10.6 Å². The highest BCUT2D eigenvalue weighted by Crippen LogP contribution is 2.14. The fourth-order valence-corrected chi connectivity index (χ4v) is 2.28. The van der Waals surface area contributed by atoms with Crippen LogP contribution in [0.5, 0.6) is 0 Å². The van der Waals surface area contributed by atoms with Gasteiger partial charge in [-0.2, -0.15) is 0 Å². The minimum absolute atomic E-state index is 0.0940. The number of hydrogen-bond donors (Lipinski definition) is 2. The lowest BCUT2D eigenvalue weighted by Crippen LogP contribution is -2.16. The Bertz CT molecular complexity index is 684. The molecule has 0 aromatic heterocycles. The lowest BCUT2D eigenvalue weighted by Gasteiger charge is -2.08. The molecule has 2 aromatic rings. The Labute approximate surface area is 149 Å². The molecule has 0 aliphatic rings. The average molecular weight is 391 g/mol. The molecule has 5 nitrogen and oxygen atoms in total. The van der Waals surface area contributed by atoms with E-state index < -0.39 is 0 Å². The standard InChI is InChI=1S/C18H19BrN2O3/c1-2-24-18(23)13-3-7-16(8-4-13)21-17(22)11-12-20-15-9-5-14(19)6-10-15/h3-10,20H,2,11-12H2,1H3,(H,21,22). The van der Waals surface area contributed by atoms with Gasteiger partial charge in [-0.1, -0.05) is 15.9 Å². The highest BCUT2D eigenvalue weighted by molar-refractivity contribution is 9.10. The lowest BCUT2D eigenvalue weighted by atomic mass is 10.2. The summed E-state index contributed by atoms with van der Waals surface area (Å²) >= 11 is 3.38. The van der Waals surface area contributed by atoms with E-state index in [9.17, 15) is 9.59 Å². The summed E-state index contributed by atoms with van der Waals surface area (Å²) in [5.74, 6) is -0.461. The first kappa shape index (κ1) is 18.0. The molecule has 0 aliphatic heterocycles. The van der Waals surface area contributed by atoms with Crippen LogP contribution in [0.1, 0.15) is 23.7 Å². The van der Waals surface area contributed by atoms with Gasteiger partial charge in [-0.05, 0) is 55.5 Å². The van der Waals surface area contributed by atoms with Gasteiger partial charge in [0.1, 0.15) is 0 Å². The molecule has 1 amide bonds. The van der Waals surface area contributed by atoms with Crippen LogP contribution in [0.4, 0.5) is 11.4 Å². The maximum Gasteiger partial charge on any atom is 0.338 e. The number of esters is 1. The van der Waals surface area contributed by atoms with E-state index >= 15 is 0 Å². The number of halogens is 1. The molecule has 0 atom stereocenters. The van der Waals surface area contributed by atoms with E-state index in [1.807, 2.05) is 24.3 Å². The number of ether oxygens (including phenoxy) is 1. The summed E-state index contributed by atoms with van der Waals surface area (Å²) in [6.07, 6.45) is 0.343. The fourth-order valence-electron chi connectivity index (χ4n) is 2.02. The molecule has 0 bridgehead atoms. The predicted octanol–water partition coefficient (Wildman–Crippen LogP) is 4.07. The van der Waals surface area contributed by atoms with Crippen LogP contribution in [0.2, 0.25) is 0 Å². The Morgan fingerprint density at radius 3 is 2.25 bits per heavy atom. The summed E-state index contributed by atoms with van der Waals surface area (Å²) in [6, 6.07) is 14.4. The van der Waals surface area contributed by atoms with Gasteiger partial charge < -0.3 is 15.4 Å². The normalized spacial score (nSPS) is 10.1. The molecule has 0 heterocycles. The van der Waals surface area contributed by atoms with Gasteiger partial charge in [-0.3, -0.25) is 4.79 Å². The van der Waals surface area contributed by atoms with E-state index in [4.69, 9.17) is 4.74 Å². The van der Waals surface area contributed by atoms with Crippen LogP contribution in [0, 0.1) is 0 Å². The van der Waals surface area contributed by atoms with Gasteiger partial charge in [0.05, 0.1) is 12.2 Å². The van der Waals surface area contributed by atoms with Gasteiger partial charge in [-0.15, -0.1) is 0 Å². The van der Waals surface area contributed by atoms with Crippen molar-refractivity contribution in [1.82, 2.24) is 0 Å². The molecule has 0 aliphatic carbocycles. The van der Waals surface area contributed by atoms with Crippen molar-refractivity contribution in [1.29, 1.82) is 0 Å². The zero-order chi connectivity index (χ0) is 17.4. The summed E-state index contributed by atoms with van der Waals surface area (Å²) in [5, 5.41) is 5.98. The van der Waals surface area contributed by atoms with Gasteiger partial charge in [-0.25, -0.2) is 4.79 Å². The molecule has 2 rings (SSSR count). The van der Waals surface area contributed by atoms with Crippen LogP contribution in [0.3, 0.4) is 0 Å². The third-order valence-electron chi connectivity index (χ3n) is 3.21. The van der Waals surface area contributed by atoms with E-state index in [1.54, 1.807) is 31.2 Å². The van der Waals surface area contributed by atoms with Crippen molar-refractivity contribution >= 4 is 39.2 Å². The van der Waals surface area contributed by atoms with Crippen LogP contribution >= 0.6 is 15.9 Å².